The van der Waals surface area contributed by atoms with Crippen LogP contribution in [0.25, 0.3) is 0 Å². The van der Waals surface area contributed by atoms with Crippen LogP contribution in [0.2, 0.25) is 0 Å². The molecule has 112 valence electrons. The molecule has 3 atom stereocenters. The van der Waals surface area contributed by atoms with Crippen LogP contribution in [-0.4, -0.2) is 19.7 Å². The summed E-state index contributed by atoms with van der Waals surface area (Å²) in [5.41, 5.74) is 0.860. The summed E-state index contributed by atoms with van der Waals surface area (Å²) in [6.45, 7) is 7.66. The molecule has 0 amide bonds. The van der Waals surface area contributed by atoms with Crippen molar-refractivity contribution in [3.05, 3.63) is 29.6 Å². The molecule has 3 unspecified atom stereocenters. The van der Waals surface area contributed by atoms with Gasteiger partial charge in [0.2, 0.25) is 0 Å². The lowest BCUT2D eigenvalue weighted by Gasteiger charge is -2.55. The summed E-state index contributed by atoms with van der Waals surface area (Å²) >= 11 is 0. The molecule has 0 radical (unpaired) electrons. The number of ether oxygens (including phenoxy) is 1. The molecule has 1 N–H and O–H groups in total. The Balaban J connectivity index is 2.26. The van der Waals surface area contributed by atoms with Gasteiger partial charge in [-0.15, -0.1) is 0 Å². The van der Waals surface area contributed by atoms with Crippen molar-refractivity contribution in [3.8, 4) is 5.75 Å². The molecule has 1 saturated carbocycles. The van der Waals surface area contributed by atoms with E-state index in [1.54, 1.807) is 19.2 Å². The fourth-order valence-electron chi connectivity index (χ4n) is 3.47. The zero-order chi connectivity index (χ0) is 14.8. The van der Waals surface area contributed by atoms with Gasteiger partial charge in [-0.05, 0) is 49.3 Å². The van der Waals surface area contributed by atoms with Crippen LogP contribution in [0, 0.1) is 11.2 Å². The zero-order valence-electron chi connectivity index (χ0n) is 13.0. The number of nitrogens with one attached hydrogen (secondary N) is 1. The van der Waals surface area contributed by atoms with Gasteiger partial charge in [-0.3, -0.25) is 0 Å². The lowest BCUT2D eigenvalue weighted by molar-refractivity contribution is 0.0411. The van der Waals surface area contributed by atoms with E-state index >= 15 is 0 Å². The second-order valence-electron chi connectivity index (χ2n) is 6.01. The van der Waals surface area contributed by atoms with E-state index in [-0.39, 0.29) is 17.2 Å². The van der Waals surface area contributed by atoms with Gasteiger partial charge in [0, 0.05) is 11.6 Å². The molecule has 3 heteroatoms. The van der Waals surface area contributed by atoms with Gasteiger partial charge in [-0.25, -0.2) is 4.39 Å². The molecule has 2 rings (SSSR count). The van der Waals surface area contributed by atoms with Crippen LogP contribution in [-0.2, 0) is 0 Å². The van der Waals surface area contributed by atoms with Gasteiger partial charge in [0.05, 0.1) is 7.11 Å². The van der Waals surface area contributed by atoms with Crippen LogP contribution in [0.3, 0.4) is 0 Å². The maximum Gasteiger partial charge on any atom is 0.130 e. The Kier molecular flexibility index (Phi) is 4.69. The fourth-order valence-corrected chi connectivity index (χ4v) is 3.47. The molecule has 1 aromatic rings. The first-order valence-corrected chi connectivity index (χ1v) is 7.64. The molecule has 2 nitrogen and oxygen atoms in total. The number of hydrogen-bond acceptors (Lipinski definition) is 2. The van der Waals surface area contributed by atoms with E-state index in [0.29, 0.717) is 11.8 Å². The number of methoxy groups -OCH3 is 1. The molecule has 0 saturated heterocycles. The third kappa shape index (κ3) is 2.44. The van der Waals surface area contributed by atoms with Crippen molar-refractivity contribution in [2.24, 2.45) is 5.41 Å². The van der Waals surface area contributed by atoms with Crippen molar-refractivity contribution in [1.29, 1.82) is 0 Å². The highest BCUT2D eigenvalue weighted by Gasteiger charge is 2.52. The predicted molar refractivity (Wildman–Crippen MR) is 80.8 cm³/mol. The van der Waals surface area contributed by atoms with E-state index in [4.69, 9.17) is 4.74 Å². The predicted octanol–water partition coefficient (Wildman–Crippen LogP) is 4.11. The van der Waals surface area contributed by atoms with Gasteiger partial charge >= 0.3 is 0 Å². The molecule has 0 spiro atoms. The van der Waals surface area contributed by atoms with Gasteiger partial charge in [-0.1, -0.05) is 26.8 Å². The van der Waals surface area contributed by atoms with E-state index in [0.717, 1.165) is 31.4 Å². The Labute approximate surface area is 121 Å². The van der Waals surface area contributed by atoms with Crippen LogP contribution in [0.15, 0.2) is 18.2 Å². The second-order valence-corrected chi connectivity index (χ2v) is 6.01. The summed E-state index contributed by atoms with van der Waals surface area (Å²) in [6.07, 6.45) is 3.15. The smallest absolute Gasteiger partial charge is 0.130 e. The molecule has 1 aliphatic rings. The van der Waals surface area contributed by atoms with Crippen molar-refractivity contribution in [2.75, 3.05) is 13.7 Å². The van der Waals surface area contributed by atoms with E-state index < -0.39 is 0 Å². The normalized spacial score (nSPS) is 29.1. The maximum absolute atomic E-state index is 14.3. The number of halogens is 1. The zero-order valence-corrected chi connectivity index (χ0v) is 13.0. The third-order valence-corrected chi connectivity index (χ3v) is 5.05. The van der Waals surface area contributed by atoms with Crippen molar-refractivity contribution < 1.29 is 9.13 Å². The highest BCUT2D eigenvalue weighted by atomic mass is 19.1. The summed E-state index contributed by atoms with van der Waals surface area (Å²) in [7, 11) is 1.62. The lowest BCUT2D eigenvalue weighted by Crippen LogP contribution is -2.57. The first-order chi connectivity index (χ1) is 9.58. The summed E-state index contributed by atoms with van der Waals surface area (Å²) in [5, 5.41) is 3.60. The molecule has 1 aliphatic carbocycles. The quantitative estimate of drug-likeness (QED) is 0.846. The summed E-state index contributed by atoms with van der Waals surface area (Å²) in [5.74, 6) is 0.782. The standard InChI is InChI=1S/C17H26FNO/c1-5-10-19-15-11-12(17(15,3)6-2)16-13(18)8-7-9-14(16)20-4/h7-9,12,15,19H,5-6,10-11H2,1-4H3. The molecule has 0 aromatic heterocycles. The molecule has 0 bridgehead atoms. The first kappa shape index (κ1) is 15.3. The molecule has 0 heterocycles. The monoisotopic (exact) mass is 279 g/mol. The Bertz CT molecular complexity index is 462. The SMILES string of the molecule is CCCNC1CC(c2c(F)cccc2OC)C1(C)CC. The van der Waals surface area contributed by atoms with Crippen molar-refractivity contribution >= 4 is 0 Å². The summed E-state index contributed by atoms with van der Waals surface area (Å²) < 4.78 is 19.6. The highest BCUT2D eigenvalue weighted by Crippen LogP contribution is 2.57. The van der Waals surface area contributed by atoms with Gasteiger partial charge in [0.1, 0.15) is 11.6 Å². The van der Waals surface area contributed by atoms with Crippen LogP contribution in [0.1, 0.15) is 51.5 Å². The molecule has 1 aromatic carbocycles. The number of benzene rings is 1. The Morgan fingerprint density at radius 1 is 1.40 bits per heavy atom. The minimum absolute atomic E-state index is 0.102. The fraction of sp³-hybridized carbons (Fsp3) is 0.647. The Morgan fingerprint density at radius 3 is 2.75 bits per heavy atom. The van der Waals surface area contributed by atoms with Crippen LogP contribution >= 0.6 is 0 Å². The topological polar surface area (TPSA) is 21.3 Å². The van der Waals surface area contributed by atoms with E-state index in [1.165, 1.54) is 0 Å². The maximum atomic E-state index is 14.3. The largest absolute Gasteiger partial charge is 0.496 e. The van der Waals surface area contributed by atoms with Crippen LogP contribution < -0.4 is 10.1 Å². The molecule has 0 aliphatic heterocycles. The Morgan fingerprint density at radius 2 is 2.15 bits per heavy atom. The van der Waals surface area contributed by atoms with Crippen molar-refractivity contribution in [1.82, 2.24) is 5.32 Å². The lowest BCUT2D eigenvalue weighted by atomic mass is 9.54. The summed E-state index contributed by atoms with van der Waals surface area (Å²) in [4.78, 5) is 0. The van der Waals surface area contributed by atoms with Crippen molar-refractivity contribution in [2.45, 2.75) is 52.0 Å². The average Bonchev–Trinajstić information content (AvgIpc) is 2.46. The second kappa shape index (κ2) is 6.13. The van der Waals surface area contributed by atoms with Gasteiger partial charge in [0.15, 0.2) is 0 Å². The minimum Gasteiger partial charge on any atom is -0.496 e. The van der Waals surface area contributed by atoms with Crippen LogP contribution in [0.5, 0.6) is 5.75 Å². The van der Waals surface area contributed by atoms with Gasteiger partial charge in [-0.2, -0.15) is 0 Å². The molecule has 20 heavy (non-hydrogen) atoms. The first-order valence-electron chi connectivity index (χ1n) is 7.64. The number of rotatable bonds is 6. The minimum atomic E-state index is -0.136. The number of hydrogen-bond donors (Lipinski definition) is 1. The molecular weight excluding hydrogens is 253 g/mol. The average molecular weight is 279 g/mol. The summed E-state index contributed by atoms with van der Waals surface area (Å²) in [6, 6.07) is 5.59. The van der Waals surface area contributed by atoms with Crippen molar-refractivity contribution in [3.63, 3.8) is 0 Å². The molecule has 1 fully saturated rings. The highest BCUT2D eigenvalue weighted by molar-refractivity contribution is 5.41. The van der Waals surface area contributed by atoms with Gasteiger partial charge < -0.3 is 10.1 Å². The van der Waals surface area contributed by atoms with E-state index in [9.17, 15) is 4.39 Å². The van der Waals surface area contributed by atoms with E-state index in [2.05, 4.69) is 26.1 Å². The van der Waals surface area contributed by atoms with Gasteiger partial charge in [0.25, 0.3) is 0 Å². The third-order valence-electron chi connectivity index (χ3n) is 5.05. The van der Waals surface area contributed by atoms with E-state index in [1.807, 2.05) is 6.07 Å². The van der Waals surface area contributed by atoms with Crippen LogP contribution in [0.4, 0.5) is 4.39 Å². The Hall–Kier alpha value is -1.09. The molecular formula is C17H26FNO.